The summed E-state index contributed by atoms with van der Waals surface area (Å²) in [5.74, 6) is -1.33. The molecule has 0 aliphatic heterocycles. The van der Waals surface area contributed by atoms with Gasteiger partial charge in [-0.2, -0.15) is 4.99 Å². The highest BCUT2D eigenvalue weighted by Gasteiger charge is 2.10. The normalized spacial score (nSPS) is 11.0. The van der Waals surface area contributed by atoms with Gasteiger partial charge in [-0.3, -0.25) is 0 Å². The maximum absolute atomic E-state index is 11.2. The van der Waals surface area contributed by atoms with Gasteiger partial charge in [-0.25, -0.2) is 9.59 Å². The van der Waals surface area contributed by atoms with E-state index in [0.717, 1.165) is 5.56 Å². The molecule has 90 valence electrons. The molecule has 1 rings (SSSR count). The number of ether oxygens (including phenoxy) is 1. The first kappa shape index (κ1) is 12.9. The Balaban J connectivity index is 2.53. The molecule has 6 heteroatoms. The fourth-order valence-electron chi connectivity index (χ4n) is 1.04. The van der Waals surface area contributed by atoms with Crippen LogP contribution in [0.5, 0.6) is 0 Å². The second-order valence-corrected chi connectivity index (χ2v) is 3.11. The Kier molecular flexibility index (Phi) is 4.83. The number of rotatable bonds is 4. The van der Waals surface area contributed by atoms with Crippen molar-refractivity contribution < 1.29 is 19.4 Å². The third kappa shape index (κ3) is 4.43. The van der Waals surface area contributed by atoms with Crippen LogP contribution < -0.4 is 5.73 Å². The molecular weight excluding hydrogens is 224 g/mol. The van der Waals surface area contributed by atoms with Gasteiger partial charge in [-0.1, -0.05) is 30.3 Å². The molecule has 0 saturated carbocycles. The van der Waals surface area contributed by atoms with Crippen LogP contribution in [0, 0.1) is 0 Å². The number of carboxylic acid groups (broad SMARTS) is 1. The Morgan fingerprint density at radius 1 is 1.29 bits per heavy atom. The van der Waals surface area contributed by atoms with E-state index in [1.54, 1.807) is 24.3 Å². The molecule has 0 atom stereocenters. The van der Waals surface area contributed by atoms with E-state index < -0.39 is 17.8 Å². The molecule has 1 aromatic carbocycles. The quantitative estimate of drug-likeness (QED) is 0.753. The van der Waals surface area contributed by atoms with E-state index in [2.05, 4.69) is 4.99 Å². The molecule has 0 unspecified atom stereocenters. The second kappa shape index (κ2) is 6.39. The highest BCUT2D eigenvalue weighted by Crippen LogP contribution is 2.01. The minimum atomic E-state index is -1.33. The van der Waals surface area contributed by atoms with Crippen LogP contribution in [-0.4, -0.2) is 29.4 Å². The highest BCUT2D eigenvalue weighted by atomic mass is 16.5. The maximum atomic E-state index is 11.2. The molecule has 6 nitrogen and oxygen atoms in total. The van der Waals surface area contributed by atoms with Gasteiger partial charge in [0, 0.05) is 6.54 Å². The van der Waals surface area contributed by atoms with Crippen molar-refractivity contribution >= 4 is 17.8 Å². The lowest BCUT2D eigenvalue weighted by Gasteiger charge is -2.02. The number of aliphatic imine (C=N–C) groups is 1. The number of carbonyl (C=O) groups excluding carboxylic acids is 1. The summed E-state index contributed by atoms with van der Waals surface area (Å²) in [6.45, 7) is -0.281. The van der Waals surface area contributed by atoms with Gasteiger partial charge >= 0.3 is 12.1 Å². The zero-order valence-electron chi connectivity index (χ0n) is 9.00. The third-order valence-electron chi connectivity index (χ3n) is 1.87. The van der Waals surface area contributed by atoms with E-state index in [-0.39, 0.29) is 13.2 Å². The lowest BCUT2D eigenvalue weighted by Crippen LogP contribution is -2.24. The topological polar surface area (TPSA) is 102 Å². The molecule has 0 bridgehead atoms. The van der Waals surface area contributed by atoms with E-state index in [9.17, 15) is 9.59 Å². The van der Waals surface area contributed by atoms with Gasteiger partial charge in [-0.05, 0) is 5.56 Å². The molecule has 0 spiro atoms. The van der Waals surface area contributed by atoms with Crippen LogP contribution >= 0.6 is 0 Å². The molecule has 0 fully saturated rings. The first-order valence-corrected chi connectivity index (χ1v) is 4.85. The minimum absolute atomic E-state index is 0.0423. The van der Waals surface area contributed by atoms with Crippen LogP contribution in [0.15, 0.2) is 35.3 Å². The summed E-state index contributed by atoms with van der Waals surface area (Å²) in [5.41, 5.74) is 5.47. The summed E-state index contributed by atoms with van der Waals surface area (Å²) in [7, 11) is 0. The lowest BCUT2D eigenvalue weighted by atomic mass is 10.2. The number of hydrogen-bond acceptors (Lipinski definition) is 4. The van der Waals surface area contributed by atoms with Crippen LogP contribution in [0.3, 0.4) is 0 Å². The number of benzene rings is 1. The average molecular weight is 236 g/mol. The molecule has 17 heavy (non-hydrogen) atoms. The molecular formula is C11H12N2O4. The molecule has 0 radical (unpaired) electrons. The number of hydrogen-bond donors (Lipinski definition) is 2. The van der Waals surface area contributed by atoms with E-state index >= 15 is 0 Å². The number of carbonyl (C=O) groups is 2. The predicted octanol–water partition coefficient (Wildman–Crippen LogP) is 0.807. The first-order valence-electron chi connectivity index (χ1n) is 4.85. The summed E-state index contributed by atoms with van der Waals surface area (Å²) in [6.07, 6.45) is -0.961. The van der Waals surface area contributed by atoms with Crippen LogP contribution in [-0.2, 0) is 16.1 Å². The van der Waals surface area contributed by atoms with E-state index in [4.69, 9.17) is 15.6 Å². The number of aliphatic carboxylic acids is 1. The molecule has 1 amide bonds. The Bertz CT molecular complexity index is 428. The van der Waals surface area contributed by atoms with Crippen molar-refractivity contribution in [2.75, 3.05) is 6.54 Å². The van der Waals surface area contributed by atoms with Gasteiger partial charge in [0.15, 0.2) is 0 Å². The number of nitrogens with two attached hydrogens (primary N) is 1. The van der Waals surface area contributed by atoms with Crippen molar-refractivity contribution in [1.29, 1.82) is 0 Å². The predicted molar refractivity (Wildman–Crippen MR) is 60.8 cm³/mol. The van der Waals surface area contributed by atoms with Gasteiger partial charge in [-0.15, -0.1) is 0 Å². The van der Waals surface area contributed by atoms with Crippen molar-refractivity contribution in [3.8, 4) is 0 Å². The summed E-state index contributed by atoms with van der Waals surface area (Å²) in [6, 6.07) is 8.99. The largest absolute Gasteiger partial charge is 0.477 e. The van der Waals surface area contributed by atoms with E-state index in [1.807, 2.05) is 6.07 Å². The summed E-state index contributed by atoms with van der Waals surface area (Å²) < 4.78 is 4.77. The Morgan fingerprint density at radius 3 is 2.47 bits per heavy atom. The van der Waals surface area contributed by atoms with Gasteiger partial charge in [0.2, 0.25) is 0 Å². The Labute approximate surface area is 97.7 Å². The molecule has 0 heterocycles. The lowest BCUT2D eigenvalue weighted by molar-refractivity contribution is -0.129. The number of carboxylic acids is 1. The highest BCUT2D eigenvalue weighted by molar-refractivity contribution is 6.37. The molecule has 0 aliphatic carbocycles. The van der Waals surface area contributed by atoms with Gasteiger partial charge < -0.3 is 15.6 Å². The summed E-state index contributed by atoms with van der Waals surface area (Å²) in [5, 5.41) is 8.59. The van der Waals surface area contributed by atoms with Gasteiger partial charge in [0.25, 0.3) is 0 Å². The monoisotopic (exact) mass is 236 g/mol. The Morgan fingerprint density at radius 2 is 1.94 bits per heavy atom. The van der Waals surface area contributed by atoms with Gasteiger partial charge in [0.1, 0.15) is 12.3 Å². The van der Waals surface area contributed by atoms with Gasteiger partial charge in [0.05, 0.1) is 0 Å². The van der Waals surface area contributed by atoms with Crippen LogP contribution in [0.4, 0.5) is 4.79 Å². The van der Waals surface area contributed by atoms with Crippen LogP contribution in [0.2, 0.25) is 0 Å². The van der Waals surface area contributed by atoms with Crippen molar-refractivity contribution in [2.24, 2.45) is 10.7 Å². The van der Waals surface area contributed by atoms with Crippen molar-refractivity contribution in [3.05, 3.63) is 35.9 Å². The number of nitrogens with zero attached hydrogens (tertiary/aromatic N) is 1. The standard InChI is InChI=1S/C11H12N2O4/c12-6-9(10(14)15)13-11(16)17-7-8-4-2-1-3-5-8/h1-5H,6-7,12H2,(H,14,15)/b13-9+. The number of amides is 1. The Hall–Kier alpha value is -2.21. The molecule has 0 saturated heterocycles. The summed E-state index contributed by atoms with van der Waals surface area (Å²) in [4.78, 5) is 24.9. The third-order valence-corrected chi connectivity index (χ3v) is 1.87. The molecule has 0 aliphatic rings. The summed E-state index contributed by atoms with van der Waals surface area (Å²) >= 11 is 0. The zero-order chi connectivity index (χ0) is 12.7. The maximum Gasteiger partial charge on any atom is 0.434 e. The molecule has 3 N–H and O–H groups in total. The van der Waals surface area contributed by atoms with E-state index in [0.29, 0.717) is 0 Å². The van der Waals surface area contributed by atoms with Crippen LogP contribution in [0.1, 0.15) is 5.56 Å². The van der Waals surface area contributed by atoms with E-state index in [1.165, 1.54) is 0 Å². The minimum Gasteiger partial charge on any atom is -0.477 e. The molecule has 0 aromatic heterocycles. The SMILES string of the molecule is NC/C(=N\C(=O)OCc1ccccc1)C(=O)O. The fraction of sp³-hybridized carbons (Fsp3) is 0.182. The van der Waals surface area contributed by atoms with Crippen molar-refractivity contribution in [2.45, 2.75) is 6.61 Å². The van der Waals surface area contributed by atoms with Crippen LogP contribution in [0.25, 0.3) is 0 Å². The fourth-order valence-corrected chi connectivity index (χ4v) is 1.04. The van der Waals surface area contributed by atoms with Crippen molar-refractivity contribution in [3.63, 3.8) is 0 Å². The van der Waals surface area contributed by atoms with Crippen molar-refractivity contribution in [1.82, 2.24) is 0 Å². The first-order chi connectivity index (χ1) is 8.13. The smallest absolute Gasteiger partial charge is 0.434 e. The second-order valence-electron chi connectivity index (χ2n) is 3.11. The average Bonchev–Trinajstić information content (AvgIpc) is 2.34. The zero-order valence-corrected chi connectivity index (χ0v) is 9.00. The molecule has 1 aromatic rings.